The number of ether oxygens (including phenoxy) is 1. The molecule has 1 aliphatic rings. The molecule has 1 amide bonds. The van der Waals surface area contributed by atoms with Crippen LogP contribution in [0.2, 0.25) is 0 Å². The third-order valence-corrected chi connectivity index (χ3v) is 4.79. The molecule has 166 valence electrons. The van der Waals surface area contributed by atoms with E-state index in [-0.39, 0.29) is 36.1 Å². The molecule has 3 N–H and O–H groups in total. The van der Waals surface area contributed by atoms with Crippen molar-refractivity contribution in [3.8, 4) is 0 Å². The van der Waals surface area contributed by atoms with Crippen molar-refractivity contribution in [2.45, 2.75) is 85.0 Å². The van der Waals surface area contributed by atoms with Crippen molar-refractivity contribution in [3.05, 3.63) is 0 Å². The van der Waals surface area contributed by atoms with Crippen LogP contribution < -0.4 is 16.0 Å². The Morgan fingerprint density at radius 1 is 1.29 bits per heavy atom. The van der Waals surface area contributed by atoms with Gasteiger partial charge >= 0.3 is 6.09 Å². The maximum absolute atomic E-state index is 12.1. The monoisotopic (exact) mass is 511 g/mol. The number of nitrogens with zero attached hydrogens (tertiary/aromatic N) is 2. The SMILES string of the molecule is CCCC(CNC(=NC)NC1CN(C(C)C)CC1C)NC(=O)OC(C)(C)C.I. The van der Waals surface area contributed by atoms with Crippen molar-refractivity contribution < 1.29 is 9.53 Å². The molecule has 7 nitrogen and oxygen atoms in total. The van der Waals surface area contributed by atoms with Gasteiger partial charge in [0, 0.05) is 44.8 Å². The van der Waals surface area contributed by atoms with Crippen molar-refractivity contribution in [2.24, 2.45) is 10.9 Å². The van der Waals surface area contributed by atoms with E-state index in [2.05, 4.69) is 53.5 Å². The lowest BCUT2D eigenvalue weighted by Crippen LogP contribution is -2.51. The fourth-order valence-electron chi connectivity index (χ4n) is 3.25. The minimum absolute atomic E-state index is 0. The summed E-state index contributed by atoms with van der Waals surface area (Å²) in [5.41, 5.74) is -0.493. The molecule has 1 heterocycles. The van der Waals surface area contributed by atoms with Crippen LogP contribution in [0.4, 0.5) is 4.79 Å². The summed E-state index contributed by atoms with van der Waals surface area (Å²) in [6.45, 7) is 17.2. The van der Waals surface area contributed by atoms with E-state index < -0.39 is 5.60 Å². The van der Waals surface area contributed by atoms with E-state index in [0.717, 1.165) is 31.9 Å². The van der Waals surface area contributed by atoms with Crippen molar-refractivity contribution in [3.63, 3.8) is 0 Å². The molecule has 0 aromatic heterocycles. The summed E-state index contributed by atoms with van der Waals surface area (Å²) in [5, 5.41) is 9.87. The van der Waals surface area contributed by atoms with E-state index in [9.17, 15) is 4.79 Å². The van der Waals surface area contributed by atoms with Crippen LogP contribution in [0.15, 0.2) is 4.99 Å². The molecule has 3 atom stereocenters. The van der Waals surface area contributed by atoms with Gasteiger partial charge in [-0.15, -0.1) is 24.0 Å². The molecule has 8 heteroatoms. The van der Waals surface area contributed by atoms with Gasteiger partial charge in [0.25, 0.3) is 0 Å². The molecule has 0 aliphatic carbocycles. The lowest BCUT2D eigenvalue weighted by molar-refractivity contribution is 0.0502. The van der Waals surface area contributed by atoms with E-state index in [4.69, 9.17) is 4.74 Å². The third-order valence-electron chi connectivity index (χ3n) is 4.79. The summed E-state index contributed by atoms with van der Waals surface area (Å²) in [6.07, 6.45) is 1.49. The third kappa shape index (κ3) is 10.1. The molecule has 28 heavy (non-hydrogen) atoms. The second-order valence-corrected chi connectivity index (χ2v) is 8.86. The molecule has 1 saturated heterocycles. The average Bonchev–Trinajstić information content (AvgIpc) is 2.90. The molecule has 0 bridgehead atoms. The molecule has 0 spiro atoms. The number of likely N-dealkylation sites (tertiary alicyclic amines) is 1. The average molecular weight is 511 g/mol. The lowest BCUT2D eigenvalue weighted by Gasteiger charge is -2.25. The Bertz CT molecular complexity index is 493. The van der Waals surface area contributed by atoms with Crippen molar-refractivity contribution >= 4 is 36.0 Å². The van der Waals surface area contributed by atoms with Crippen LogP contribution in [0, 0.1) is 5.92 Å². The highest BCUT2D eigenvalue weighted by atomic mass is 127. The standard InChI is InChI=1S/C20H41N5O2.HI/c1-9-10-16(23-19(26)27-20(5,6)7)11-22-18(21-8)24-17-13-25(14(2)3)12-15(17)4;/h14-17H,9-13H2,1-8H3,(H,23,26)(H2,21,22,24);1H. The fraction of sp³-hybridized carbons (Fsp3) is 0.900. The molecule has 0 saturated carbocycles. The van der Waals surface area contributed by atoms with Gasteiger partial charge in [-0.1, -0.05) is 20.3 Å². The maximum atomic E-state index is 12.1. The van der Waals surface area contributed by atoms with E-state index in [1.807, 2.05) is 20.8 Å². The van der Waals surface area contributed by atoms with Gasteiger partial charge in [0.15, 0.2) is 5.96 Å². The quantitative estimate of drug-likeness (QED) is 0.278. The van der Waals surface area contributed by atoms with Gasteiger partial charge in [0.1, 0.15) is 5.60 Å². The van der Waals surface area contributed by atoms with Gasteiger partial charge in [0.2, 0.25) is 0 Å². The number of aliphatic imine (C=N–C) groups is 1. The summed E-state index contributed by atoms with van der Waals surface area (Å²) in [7, 11) is 1.78. The summed E-state index contributed by atoms with van der Waals surface area (Å²) < 4.78 is 5.37. The first-order valence-corrected chi connectivity index (χ1v) is 10.3. The van der Waals surface area contributed by atoms with Crippen LogP contribution in [0.3, 0.4) is 0 Å². The summed E-state index contributed by atoms with van der Waals surface area (Å²) in [5.74, 6) is 1.35. The highest BCUT2D eigenvalue weighted by Crippen LogP contribution is 2.18. The Hall–Kier alpha value is -0.770. The van der Waals surface area contributed by atoms with Gasteiger partial charge in [-0.2, -0.15) is 0 Å². The van der Waals surface area contributed by atoms with Crippen LogP contribution in [-0.4, -0.2) is 67.4 Å². The fourth-order valence-corrected chi connectivity index (χ4v) is 3.25. The first-order chi connectivity index (χ1) is 12.6. The topological polar surface area (TPSA) is 78.0 Å². The first kappa shape index (κ1) is 27.2. The first-order valence-electron chi connectivity index (χ1n) is 10.3. The number of carbonyl (C=O) groups is 1. The zero-order valence-electron chi connectivity index (χ0n) is 19.0. The molecule has 3 unspecified atom stereocenters. The number of carbonyl (C=O) groups excluding carboxylic acids is 1. The summed E-state index contributed by atoms with van der Waals surface area (Å²) in [6, 6.07) is 0.930. The Balaban J connectivity index is 0.00000729. The van der Waals surface area contributed by atoms with Crippen LogP contribution in [-0.2, 0) is 4.74 Å². The molecule has 1 rings (SSSR count). The number of alkyl carbamates (subject to hydrolysis) is 1. The maximum Gasteiger partial charge on any atom is 0.407 e. The van der Waals surface area contributed by atoms with Crippen molar-refractivity contribution in [2.75, 3.05) is 26.7 Å². The highest BCUT2D eigenvalue weighted by Gasteiger charge is 2.31. The van der Waals surface area contributed by atoms with E-state index in [1.165, 1.54) is 0 Å². The Labute approximate surface area is 188 Å². The Kier molecular flexibility index (Phi) is 12.4. The second kappa shape index (κ2) is 12.7. The number of hydrogen-bond donors (Lipinski definition) is 3. The van der Waals surface area contributed by atoms with E-state index >= 15 is 0 Å². The lowest BCUT2D eigenvalue weighted by atomic mass is 10.1. The predicted molar refractivity (Wildman–Crippen MR) is 128 cm³/mol. The van der Waals surface area contributed by atoms with Crippen molar-refractivity contribution in [1.82, 2.24) is 20.9 Å². The number of nitrogens with one attached hydrogen (secondary N) is 3. The van der Waals surface area contributed by atoms with Gasteiger partial charge in [0.05, 0.1) is 0 Å². The molecule has 1 aliphatic heterocycles. The van der Waals surface area contributed by atoms with Crippen LogP contribution in [0.25, 0.3) is 0 Å². The molecule has 1 fully saturated rings. The smallest absolute Gasteiger partial charge is 0.407 e. The van der Waals surface area contributed by atoms with Gasteiger partial charge in [-0.25, -0.2) is 4.79 Å². The van der Waals surface area contributed by atoms with Gasteiger partial charge in [-0.3, -0.25) is 9.89 Å². The van der Waals surface area contributed by atoms with E-state index in [0.29, 0.717) is 24.5 Å². The van der Waals surface area contributed by atoms with Crippen LogP contribution in [0.5, 0.6) is 0 Å². The Morgan fingerprint density at radius 3 is 2.39 bits per heavy atom. The predicted octanol–water partition coefficient (Wildman–Crippen LogP) is 3.19. The molecular weight excluding hydrogens is 469 g/mol. The molecular formula is C20H42IN5O2. The minimum atomic E-state index is -0.493. The number of guanidine groups is 1. The molecule has 0 radical (unpaired) electrons. The summed E-state index contributed by atoms with van der Waals surface area (Å²) >= 11 is 0. The van der Waals surface area contributed by atoms with E-state index in [1.54, 1.807) is 7.05 Å². The second-order valence-electron chi connectivity index (χ2n) is 8.86. The Morgan fingerprint density at radius 2 is 1.93 bits per heavy atom. The summed E-state index contributed by atoms with van der Waals surface area (Å²) in [4.78, 5) is 18.9. The zero-order chi connectivity index (χ0) is 20.6. The normalized spacial score (nSPS) is 21.8. The van der Waals surface area contributed by atoms with Crippen LogP contribution >= 0.6 is 24.0 Å². The van der Waals surface area contributed by atoms with Gasteiger partial charge < -0.3 is 20.7 Å². The highest BCUT2D eigenvalue weighted by molar-refractivity contribution is 14.0. The van der Waals surface area contributed by atoms with Gasteiger partial charge in [-0.05, 0) is 47.0 Å². The molecule has 0 aromatic carbocycles. The zero-order valence-corrected chi connectivity index (χ0v) is 21.3. The number of hydrogen-bond acceptors (Lipinski definition) is 4. The number of rotatable bonds is 7. The molecule has 0 aromatic rings. The van der Waals surface area contributed by atoms with Crippen LogP contribution in [0.1, 0.15) is 61.3 Å². The minimum Gasteiger partial charge on any atom is -0.444 e. The number of amides is 1. The largest absolute Gasteiger partial charge is 0.444 e. The van der Waals surface area contributed by atoms with Crippen molar-refractivity contribution in [1.29, 1.82) is 0 Å². The number of halogens is 1.